The molecule has 0 N–H and O–H groups in total. The molecule has 4 bridgehead atoms. The van der Waals surface area contributed by atoms with Gasteiger partial charge in [0.2, 0.25) is 0 Å². The van der Waals surface area contributed by atoms with Crippen LogP contribution in [0.4, 0.5) is 26.3 Å². The van der Waals surface area contributed by atoms with Crippen molar-refractivity contribution in [2.45, 2.75) is 64.7 Å². The van der Waals surface area contributed by atoms with Crippen molar-refractivity contribution >= 4 is 32.8 Å². The summed E-state index contributed by atoms with van der Waals surface area (Å²) in [4.78, 5) is 28.7. The second-order valence-electron chi connectivity index (χ2n) is 12.2. The van der Waals surface area contributed by atoms with Crippen LogP contribution >= 0.6 is 0 Å². The van der Waals surface area contributed by atoms with E-state index >= 15 is 0 Å². The van der Waals surface area contributed by atoms with Crippen molar-refractivity contribution in [3.8, 4) is 0 Å². The molecule has 0 radical (unpaired) electrons. The zero-order valence-corrected chi connectivity index (χ0v) is 26.3. The molecule has 0 heterocycles. The van der Waals surface area contributed by atoms with Crippen molar-refractivity contribution in [3.05, 3.63) is 91.0 Å². The normalized spacial score (nSPS) is 24.1. The second-order valence-corrected chi connectivity index (χ2v) is 15.6. The van der Waals surface area contributed by atoms with Crippen LogP contribution in [0.1, 0.15) is 32.1 Å². The molecule has 252 valence electrons. The highest BCUT2D eigenvalue weighted by molar-refractivity contribution is 7.97. The summed E-state index contributed by atoms with van der Waals surface area (Å²) in [5.74, 6) is -6.54. The van der Waals surface area contributed by atoms with Crippen molar-refractivity contribution in [3.63, 3.8) is 0 Å². The van der Waals surface area contributed by atoms with E-state index in [9.17, 15) is 48.9 Å². The fraction of sp³-hybridized carbons (Fsp3) is 0.394. The van der Waals surface area contributed by atoms with E-state index in [1.54, 1.807) is 0 Å². The molecule has 4 fully saturated rings. The third-order valence-corrected chi connectivity index (χ3v) is 11.9. The number of ketones is 1. The van der Waals surface area contributed by atoms with Gasteiger partial charge in [0.15, 0.2) is 14.7 Å². The second kappa shape index (κ2) is 12.9. The van der Waals surface area contributed by atoms with Gasteiger partial charge >= 0.3 is 23.9 Å². The van der Waals surface area contributed by atoms with E-state index in [-0.39, 0.29) is 41.9 Å². The van der Waals surface area contributed by atoms with E-state index in [2.05, 4.69) is 95.7 Å². The molecule has 0 amide bonds. The summed E-state index contributed by atoms with van der Waals surface area (Å²) in [7, 11) is -6.09. The largest absolute Gasteiger partial charge is 0.748 e. The highest BCUT2D eigenvalue weighted by Crippen LogP contribution is 2.60. The average molecular weight is 701 g/mol. The number of Topliss-reactive ketones (excluding diaryl/α,β-unsaturated/α-hetero) is 1. The first-order chi connectivity index (χ1) is 21.9. The third kappa shape index (κ3) is 7.24. The Balaban J connectivity index is 0.000000198. The van der Waals surface area contributed by atoms with Gasteiger partial charge in [-0.3, -0.25) is 9.59 Å². The van der Waals surface area contributed by atoms with Crippen LogP contribution in [0.2, 0.25) is 0 Å². The minimum Gasteiger partial charge on any atom is -0.748 e. The monoisotopic (exact) mass is 700 g/mol. The number of carbonyl (C=O) groups is 2. The predicted octanol–water partition coefficient (Wildman–Crippen LogP) is 7.12. The summed E-state index contributed by atoms with van der Waals surface area (Å²) in [6.07, 6.45) is -12.5. The lowest BCUT2D eigenvalue weighted by atomic mass is 9.49. The maximum Gasteiger partial charge on any atom is 0.438 e. The summed E-state index contributed by atoms with van der Waals surface area (Å²) in [6, 6.07) is 32.2. The predicted molar refractivity (Wildman–Crippen MR) is 158 cm³/mol. The number of benzene rings is 3. The highest BCUT2D eigenvalue weighted by Gasteiger charge is 2.76. The van der Waals surface area contributed by atoms with Crippen LogP contribution in [0.3, 0.4) is 0 Å². The number of hydrogen-bond acceptors (Lipinski definition) is 6. The Morgan fingerprint density at radius 1 is 0.745 bits per heavy atom. The van der Waals surface area contributed by atoms with Gasteiger partial charge in [-0.1, -0.05) is 54.6 Å². The van der Waals surface area contributed by atoms with E-state index in [4.69, 9.17) is 0 Å². The van der Waals surface area contributed by atoms with Gasteiger partial charge in [0.05, 0.1) is 32.2 Å². The summed E-state index contributed by atoms with van der Waals surface area (Å²) in [6.45, 7) is 0. The van der Waals surface area contributed by atoms with Crippen molar-refractivity contribution in [1.82, 2.24) is 0 Å². The molecule has 4 aliphatic rings. The zero-order valence-electron chi connectivity index (χ0n) is 24.7. The van der Waals surface area contributed by atoms with E-state index in [1.165, 1.54) is 14.7 Å². The summed E-state index contributed by atoms with van der Waals surface area (Å²) in [5, 5.41) is 0. The molecule has 0 aromatic heterocycles. The van der Waals surface area contributed by atoms with E-state index in [0.717, 1.165) is 0 Å². The fourth-order valence-corrected chi connectivity index (χ4v) is 10.0. The van der Waals surface area contributed by atoms with Crippen LogP contribution in [0.5, 0.6) is 0 Å². The van der Waals surface area contributed by atoms with Gasteiger partial charge in [-0.25, -0.2) is 8.42 Å². The van der Waals surface area contributed by atoms with Gasteiger partial charge in [-0.05, 0) is 74.4 Å². The number of rotatable bonds is 7. The lowest BCUT2D eigenvalue weighted by molar-refractivity contribution is -0.364. The van der Waals surface area contributed by atoms with Gasteiger partial charge in [0.25, 0.3) is 0 Å². The van der Waals surface area contributed by atoms with Crippen LogP contribution in [-0.2, 0) is 35.3 Å². The standard InChI is InChI=1S/C18H15S.C15H16F6O6S/c1-4-10-16(11-5-1)19(17-12-6-2-7-13-17)18-14-8-3-9-15-18;16-14(17,18)13(15(19,20)21,6-28(24,25)26)27-11(23)12-3-7-1-8(4-12)10(22)9(2-7)5-12/h1-15H;7-9H,1-6H2,(H,24,25,26)/q+1;/p-1. The first kappa shape index (κ1) is 35.0. The van der Waals surface area contributed by atoms with Crippen molar-refractivity contribution in [1.29, 1.82) is 0 Å². The summed E-state index contributed by atoms with van der Waals surface area (Å²) >= 11 is 0. The lowest BCUT2D eigenvalue weighted by Gasteiger charge is -2.54. The molecule has 14 heteroatoms. The number of halogens is 6. The smallest absolute Gasteiger partial charge is 0.438 e. The Bertz CT molecular complexity index is 1560. The van der Waals surface area contributed by atoms with Crippen molar-refractivity contribution in [2.75, 3.05) is 5.75 Å². The summed E-state index contributed by atoms with van der Waals surface area (Å²) < 4.78 is 116. The molecule has 4 aliphatic carbocycles. The van der Waals surface area contributed by atoms with Crippen molar-refractivity contribution < 1.29 is 53.6 Å². The van der Waals surface area contributed by atoms with Crippen LogP contribution in [0, 0.1) is 23.2 Å². The van der Waals surface area contributed by atoms with E-state index < -0.39 is 57.0 Å². The molecular formula is C33H30F6O6S2. The number of esters is 1. The molecule has 2 unspecified atom stereocenters. The van der Waals surface area contributed by atoms with Gasteiger partial charge in [-0.15, -0.1) is 0 Å². The Kier molecular flexibility index (Phi) is 9.61. The Morgan fingerprint density at radius 3 is 1.47 bits per heavy atom. The van der Waals surface area contributed by atoms with Gasteiger partial charge < -0.3 is 9.29 Å². The highest BCUT2D eigenvalue weighted by atomic mass is 32.2. The minimum absolute atomic E-state index is 0.0146. The quantitative estimate of drug-likeness (QED) is 0.113. The fourth-order valence-electron chi connectivity index (χ4n) is 7.06. The Morgan fingerprint density at radius 2 is 1.13 bits per heavy atom. The Hall–Kier alpha value is -3.36. The maximum absolute atomic E-state index is 13.3. The maximum atomic E-state index is 13.3. The topological polar surface area (TPSA) is 101 Å². The van der Waals surface area contributed by atoms with Crippen LogP contribution in [-0.4, -0.2) is 48.4 Å². The van der Waals surface area contributed by atoms with Crippen molar-refractivity contribution in [2.24, 2.45) is 23.2 Å². The molecule has 6 nitrogen and oxygen atoms in total. The van der Waals surface area contributed by atoms with Gasteiger partial charge in [0.1, 0.15) is 5.78 Å². The molecule has 0 spiro atoms. The number of ether oxygens (including phenoxy) is 1. The number of hydrogen-bond donors (Lipinski definition) is 0. The van der Waals surface area contributed by atoms with Crippen LogP contribution in [0.25, 0.3) is 0 Å². The molecule has 0 aliphatic heterocycles. The lowest BCUT2D eigenvalue weighted by Crippen LogP contribution is -2.65. The first-order valence-corrected chi connectivity index (χ1v) is 17.5. The molecular weight excluding hydrogens is 670 g/mol. The molecule has 3 aromatic carbocycles. The molecule has 7 rings (SSSR count). The van der Waals surface area contributed by atoms with Gasteiger partial charge in [0, 0.05) is 11.8 Å². The average Bonchev–Trinajstić information content (AvgIpc) is 2.99. The third-order valence-electron chi connectivity index (χ3n) is 8.93. The molecule has 2 atom stereocenters. The van der Waals surface area contributed by atoms with Gasteiger partial charge in [-0.2, -0.15) is 26.3 Å². The molecule has 0 saturated heterocycles. The van der Waals surface area contributed by atoms with Crippen LogP contribution < -0.4 is 0 Å². The number of carbonyl (C=O) groups excluding carboxylic acids is 2. The number of alkyl halides is 6. The minimum atomic E-state index is -6.39. The van der Waals surface area contributed by atoms with Crippen LogP contribution in [0.15, 0.2) is 106 Å². The SMILES string of the molecule is O=C1C2CC3CC1CC(C(=O)OC(CS(=O)(=O)[O-])(C(F)(F)F)C(F)(F)F)(C3)C2.c1ccc([S+](c2ccccc2)c2ccccc2)cc1. The molecule has 3 aromatic rings. The van der Waals surface area contributed by atoms with E-state index in [0.29, 0.717) is 12.8 Å². The Labute approximate surface area is 270 Å². The first-order valence-electron chi connectivity index (χ1n) is 14.7. The molecule has 4 saturated carbocycles. The zero-order chi connectivity index (χ0) is 34.3. The molecule has 47 heavy (non-hydrogen) atoms. The summed E-state index contributed by atoms with van der Waals surface area (Å²) in [5.41, 5.74) is -7.19. The van der Waals surface area contributed by atoms with E-state index in [1.807, 2.05) is 0 Å².